The quantitative estimate of drug-likeness (QED) is 0.796. The van der Waals surface area contributed by atoms with E-state index in [0.29, 0.717) is 19.7 Å². The van der Waals surface area contributed by atoms with Gasteiger partial charge in [0.25, 0.3) is 0 Å². The standard InChI is InChI=1S/C10H5BrCl3N3S/c11-7-8(14)17-9(15)10(16-7)18-5-3-1-2-4(12)6(5)13/h1-3H,(H2,15,17). The third-order valence-corrected chi connectivity index (χ3v) is 4.96. The number of anilines is 1. The number of rotatable bonds is 2. The van der Waals surface area contributed by atoms with Gasteiger partial charge in [0.05, 0.1) is 10.0 Å². The molecule has 8 heteroatoms. The lowest BCUT2D eigenvalue weighted by Gasteiger charge is -2.07. The van der Waals surface area contributed by atoms with E-state index >= 15 is 0 Å². The van der Waals surface area contributed by atoms with E-state index in [9.17, 15) is 0 Å². The predicted molar refractivity (Wildman–Crippen MR) is 79.7 cm³/mol. The topological polar surface area (TPSA) is 51.8 Å². The number of hydrogen-bond acceptors (Lipinski definition) is 4. The van der Waals surface area contributed by atoms with Gasteiger partial charge in [-0.3, -0.25) is 0 Å². The van der Waals surface area contributed by atoms with Gasteiger partial charge in [-0.15, -0.1) is 0 Å². The maximum absolute atomic E-state index is 6.09. The molecule has 2 rings (SSSR count). The molecule has 0 fully saturated rings. The average Bonchev–Trinajstić information content (AvgIpc) is 2.32. The molecule has 3 nitrogen and oxygen atoms in total. The van der Waals surface area contributed by atoms with E-state index < -0.39 is 0 Å². The van der Waals surface area contributed by atoms with Crippen LogP contribution in [0.2, 0.25) is 15.2 Å². The summed E-state index contributed by atoms with van der Waals surface area (Å²) in [4.78, 5) is 8.90. The van der Waals surface area contributed by atoms with E-state index in [4.69, 9.17) is 40.5 Å². The summed E-state index contributed by atoms with van der Waals surface area (Å²) in [5.74, 6) is 0.240. The van der Waals surface area contributed by atoms with Gasteiger partial charge in [-0.25, -0.2) is 9.97 Å². The first-order chi connectivity index (χ1) is 8.49. The third kappa shape index (κ3) is 3.03. The number of benzene rings is 1. The molecule has 1 heterocycles. The highest BCUT2D eigenvalue weighted by Crippen LogP contribution is 2.38. The van der Waals surface area contributed by atoms with E-state index in [1.807, 2.05) is 6.07 Å². The van der Waals surface area contributed by atoms with Crippen molar-refractivity contribution in [1.82, 2.24) is 9.97 Å². The normalized spacial score (nSPS) is 10.7. The molecular weight excluding hydrogens is 380 g/mol. The maximum atomic E-state index is 6.09. The molecule has 0 saturated carbocycles. The van der Waals surface area contributed by atoms with Crippen molar-refractivity contribution >= 4 is 68.3 Å². The summed E-state index contributed by atoms with van der Waals surface area (Å²) in [5, 5.41) is 1.65. The van der Waals surface area contributed by atoms with E-state index in [-0.39, 0.29) is 11.0 Å². The van der Waals surface area contributed by atoms with Crippen molar-refractivity contribution in [3.8, 4) is 0 Å². The number of nitrogens with zero attached hydrogens (tertiary/aromatic N) is 2. The van der Waals surface area contributed by atoms with Crippen molar-refractivity contribution in [1.29, 1.82) is 0 Å². The summed E-state index contributed by atoms with van der Waals surface area (Å²) in [6.45, 7) is 0. The number of aromatic nitrogens is 2. The van der Waals surface area contributed by atoms with Gasteiger partial charge in [0.2, 0.25) is 0 Å². The maximum Gasteiger partial charge on any atom is 0.164 e. The largest absolute Gasteiger partial charge is 0.381 e. The Morgan fingerprint density at radius 1 is 1.17 bits per heavy atom. The fourth-order valence-electron chi connectivity index (χ4n) is 1.13. The second-order valence-corrected chi connectivity index (χ2v) is 6.07. The van der Waals surface area contributed by atoms with E-state index in [0.717, 1.165) is 4.90 Å². The van der Waals surface area contributed by atoms with Gasteiger partial charge in [0.1, 0.15) is 9.63 Å². The first-order valence-electron chi connectivity index (χ1n) is 4.59. The molecule has 1 aromatic carbocycles. The first-order valence-corrected chi connectivity index (χ1v) is 7.33. The van der Waals surface area contributed by atoms with Crippen LogP contribution in [0, 0.1) is 0 Å². The SMILES string of the molecule is Nc1nc(Cl)c(Br)nc1Sc1cccc(Cl)c1Cl. The van der Waals surface area contributed by atoms with Crippen molar-refractivity contribution in [2.75, 3.05) is 5.73 Å². The average molecular weight is 386 g/mol. The Balaban J connectivity index is 2.40. The molecule has 2 aromatic rings. The number of nitrogens with two attached hydrogens (primary N) is 1. The van der Waals surface area contributed by atoms with Gasteiger partial charge in [0, 0.05) is 4.90 Å². The second-order valence-electron chi connectivity index (χ2n) is 3.15. The zero-order valence-electron chi connectivity index (χ0n) is 8.62. The Hall–Kier alpha value is -0.200. The van der Waals surface area contributed by atoms with Crippen molar-refractivity contribution < 1.29 is 0 Å². The van der Waals surface area contributed by atoms with E-state index in [1.165, 1.54) is 11.8 Å². The van der Waals surface area contributed by atoms with Gasteiger partial charge in [-0.2, -0.15) is 0 Å². The van der Waals surface area contributed by atoms with Crippen LogP contribution in [0.25, 0.3) is 0 Å². The molecule has 18 heavy (non-hydrogen) atoms. The van der Waals surface area contributed by atoms with Crippen LogP contribution in [0.1, 0.15) is 0 Å². The fourth-order valence-corrected chi connectivity index (χ4v) is 2.96. The minimum atomic E-state index is 0.217. The molecule has 0 saturated heterocycles. The summed E-state index contributed by atoms with van der Waals surface area (Å²) in [6, 6.07) is 5.33. The monoisotopic (exact) mass is 383 g/mol. The van der Waals surface area contributed by atoms with Crippen LogP contribution >= 0.6 is 62.5 Å². The highest BCUT2D eigenvalue weighted by Gasteiger charge is 2.12. The van der Waals surface area contributed by atoms with Gasteiger partial charge in [-0.1, -0.05) is 52.6 Å². The molecule has 0 atom stereocenters. The van der Waals surface area contributed by atoms with Crippen LogP contribution in [0.5, 0.6) is 0 Å². The van der Waals surface area contributed by atoms with Crippen LogP contribution in [0.4, 0.5) is 5.82 Å². The Labute approximate surface area is 131 Å². The fraction of sp³-hybridized carbons (Fsp3) is 0. The lowest BCUT2D eigenvalue weighted by atomic mass is 10.4. The minimum absolute atomic E-state index is 0.217. The van der Waals surface area contributed by atoms with Crippen LogP contribution in [-0.4, -0.2) is 9.97 Å². The van der Waals surface area contributed by atoms with E-state index in [1.54, 1.807) is 12.1 Å². The molecule has 0 bridgehead atoms. The van der Waals surface area contributed by atoms with Crippen LogP contribution in [-0.2, 0) is 0 Å². The Morgan fingerprint density at radius 3 is 2.61 bits per heavy atom. The highest BCUT2D eigenvalue weighted by atomic mass is 79.9. The zero-order chi connectivity index (χ0) is 13.3. The highest BCUT2D eigenvalue weighted by molar-refractivity contribution is 9.10. The van der Waals surface area contributed by atoms with E-state index in [2.05, 4.69) is 25.9 Å². The van der Waals surface area contributed by atoms with Crippen molar-refractivity contribution in [2.45, 2.75) is 9.92 Å². The first kappa shape index (κ1) is 14.2. The summed E-state index contributed by atoms with van der Waals surface area (Å²) in [7, 11) is 0. The van der Waals surface area contributed by atoms with Crippen molar-refractivity contribution in [3.63, 3.8) is 0 Å². The molecule has 0 aliphatic carbocycles. The molecule has 0 aliphatic rings. The minimum Gasteiger partial charge on any atom is -0.381 e. The number of hydrogen-bond donors (Lipinski definition) is 1. The Bertz CT molecular complexity index is 609. The molecule has 1 aromatic heterocycles. The summed E-state index contributed by atoms with van der Waals surface area (Å²) < 4.78 is 0.430. The van der Waals surface area contributed by atoms with Crippen molar-refractivity contribution in [3.05, 3.63) is 38.0 Å². The van der Waals surface area contributed by atoms with Crippen molar-refractivity contribution in [2.24, 2.45) is 0 Å². The molecule has 2 N–H and O–H groups in total. The smallest absolute Gasteiger partial charge is 0.164 e. The van der Waals surface area contributed by atoms with Gasteiger partial charge >= 0.3 is 0 Å². The molecular formula is C10H5BrCl3N3S. The van der Waals surface area contributed by atoms with Crippen LogP contribution < -0.4 is 5.73 Å². The zero-order valence-corrected chi connectivity index (χ0v) is 13.3. The second kappa shape index (κ2) is 5.84. The lowest BCUT2D eigenvalue weighted by molar-refractivity contribution is 1.04. The molecule has 0 spiro atoms. The third-order valence-electron chi connectivity index (χ3n) is 1.93. The predicted octanol–water partition coefficient (Wildman–Crippen LogP) is 4.93. The molecule has 94 valence electrons. The van der Waals surface area contributed by atoms with Gasteiger partial charge in [0.15, 0.2) is 11.0 Å². The lowest BCUT2D eigenvalue weighted by Crippen LogP contribution is -1.97. The number of nitrogen functional groups attached to an aromatic ring is 1. The Morgan fingerprint density at radius 2 is 1.89 bits per heavy atom. The molecule has 0 unspecified atom stereocenters. The molecule has 0 aliphatic heterocycles. The molecule has 0 amide bonds. The van der Waals surface area contributed by atoms with Gasteiger partial charge < -0.3 is 5.73 Å². The van der Waals surface area contributed by atoms with Crippen LogP contribution in [0.3, 0.4) is 0 Å². The summed E-state index contributed by atoms with van der Waals surface area (Å²) >= 11 is 22.3. The Kier molecular flexibility index (Phi) is 4.61. The summed E-state index contributed by atoms with van der Waals surface area (Å²) in [5.41, 5.74) is 5.75. The van der Waals surface area contributed by atoms with Crippen LogP contribution in [0.15, 0.2) is 32.7 Å². The van der Waals surface area contributed by atoms with Gasteiger partial charge in [-0.05, 0) is 28.1 Å². The summed E-state index contributed by atoms with van der Waals surface area (Å²) in [6.07, 6.45) is 0. The molecule has 0 radical (unpaired) electrons. The number of halogens is 4.